The van der Waals surface area contributed by atoms with Crippen molar-refractivity contribution in [3.63, 3.8) is 0 Å². The molecule has 1 aliphatic rings. The van der Waals surface area contributed by atoms with E-state index in [1.54, 1.807) is 18.2 Å². The van der Waals surface area contributed by atoms with Gasteiger partial charge in [-0.3, -0.25) is 15.0 Å². The molecular weight excluding hydrogens is 290 g/mol. The molecule has 0 saturated heterocycles. The zero-order chi connectivity index (χ0) is 16.2. The van der Waals surface area contributed by atoms with Gasteiger partial charge in [0.1, 0.15) is 5.71 Å². The Kier molecular flexibility index (Phi) is 4.01. The minimum atomic E-state index is -0.227. The first-order valence-corrected chi connectivity index (χ1v) is 7.17. The minimum absolute atomic E-state index is 0.221. The Labute approximate surface area is 133 Å². The number of rotatable bonds is 3. The van der Waals surface area contributed by atoms with Crippen molar-refractivity contribution in [3.8, 4) is 0 Å². The van der Waals surface area contributed by atoms with E-state index in [0.29, 0.717) is 17.0 Å². The van der Waals surface area contributed by atoms with Gasteiger partial charge in [-0.1, -0.05) is 36.4 Å². The first-order chi connectivity index (χ1) is 11.1. The van der Waals surface area contributed by atoms with Crippen LogP contribution in [0.25, 0.3) is 6.08 Å². The van der Waals surface area contributed by atoms with Crippen molar-refractivity contribution in [1.82, 2.24) is 0 Å². The molecule has 0 saturated carbocycles. The molecule has 1 aliphatic carbocycles. The molecule has 0 unspecified atom stereocenters. The number of ketones is 1. The molecule has 0 fully saturated rings. The Balaban J connectivity index is 1.92. The highest BCUT2D eigenvalue weighted by Crippen LogP contribution is 2.26. The normalized spacial score (nSPS) is 14.5. The van der Waals surface area contributed by atoms with Crippen LogP contribution in [0.1, 0.15) is 22.8 Å². The third kappa shape index (κ3) is 3.18. The summed E-state index contributed by atoms with van der Waals surface area (Å²) in [5.41, 5.74) is 5.67. The van der Waals surface area contributed by atoms with Gasteiger partial charge in [-0.05, 0) is 29.8 Å². The highest BCUT2D eigenvalue weighted by molar-refractivity contribution is 6.53. The fraction of sp³-hybridized carbons (Fsp3) is 0.0556. The summed E-state index contributed by atoms with van der Waals surface area (Å²) in [5, 5.41) is 6.86. The Bertz CT molecular complexity index is 823. The SMILES string of the molecule is CC(=O)Nc1cccc2c1C(=O)/C(=N\Nc1ccccc1)C=C2. The van der Waals surface area contributed by atoms with Gasteiger partial charge >= 0.3 is 0 Å². The van der Waals surface area contributed by atoms with Crippen molar-refractivity contribution in [3.05, 3.63) is 65.7 Å². The smallest absolute Gasteiger partial charge is 0.221 e. The zero-order valence-corrected chi connectivity index (χ0v) is 12.5. The number of amides is 1. The number of carbonyl (C=O) groups is 2. The first kappa shape index (κ1) is 14.7. The molecule has 0 bridgehead atoms. The molecule has 0 atom stereocenters. The third-order valence-electron chi connectivity index (χ3n) is 3.37. The highest BCUT2D eigenvalue weighted by Gasteiger charge is 2.23. The summed E-state index contributed by atoms with van der Waals surface area (Å²) < 4.78 is 0. The number of fused-ring (bicyclic) bond motifs is 1. The van der Waals surface area contributed by atoms with Crippen molar-refractivity contribution < 1.29 is 9.59 Å². The van der Waals surface area contributed by atoms with Gasteiger partial charge in [0.05, 0.1) is 16.9 Å². The van der Waals surface area contributed by atoms with Gasteiger partial charge < -0.3 is 5.32 Å². The summed E-state index contributed by atoms with van der Waals surface area (Å²) >= 11 is 0. The molecular formula is C18H15N3O2. The Morgan fingerprint density at radius 3 is 2.52 bits per heavy atom. The van der Waals surface area contributed by atoms with E-state index in [0.717, 1.165) is 11.3 Å². The number of benzene rings is 2. The van der Waals surface area contributed by atoms with Gasteiger partial charge in [0, 0.05) is 6.92 Å². The predicted octanol–water partition coefficient (Wildman–Crippen LogP) is 3.32. The van der Waals surface area contributed by atoms with E-state index in [2.05, 4.69) is 15.8 Å². The fourth-order valence-electron chi connectivity index (χ4n) is 2.35. The van der Waals surface area contributed by atoms with Gasteiger partial charge in [-0.2, -0.15) is 5.10 Å². The van der Waals surface area contributed by atoms with E-state index >= 15 is 0 Å². The summed E-state index contributed by atoms with van der Waals surface area (Å²) in [6.45, 7) is 1.41. The Morgan fingerprint density at radius 1 is 1.00 bits per heavy atom. The highest BCUT2D eigenvalue weighted by atomic mass is 16.1. The standard InChI is InChI=1S/C18H15N3O2/c1-12(22)19-15-9-5-6-13-10-11-16(18(23)17(13)15)21-20-14-7-3-2-4-8-14/h2-11,20H,1H3,(H,19,22)/b21-16-. The second-order valence-electron chi connectivity index (χ2n) is 5.09. The number of allylic oxidation sites excluding steroid dienone is 1. The van der Waals surface area contributed by atoms with Crippen LogP contribution in [-0.2, 0) is 4.79 Å². The quantitative estimate of drug-likeness (QED) is 0.855. The number of carbonyl (C=O) groups excluding carboxylic acids is 2. The molecule has 2 aromatic carbocycles. The third-order valence-corrected chi connectivity index (χ3v) is 3.37. The number of hydrogen-bond acceptors (Lipinski definition) is 4. The number of hydrogen-bond donors (Lipinski definition) is 2. The van der Waals surface area contributed by atoms with Gasteiger partial charge in [-0.15, -0.1) is 0 Å². The van der Waals surface area contributed by atoms with Crippen LogP contribution in [0.5, 0.6) is 0 Å². The van der Waals surface area contributed by atoms with Crippen LogP contribution in [0, 0.1) is 0 Å². The van der Waals surface area contributed by atoms with Gasteiger partial charge in [0.2, 0.25) is 11.7 Å². The van der Waals surface area contributed by atoms with E-state index in [-0.39, 0.29) is 11.7 Å². The van der Waals surface area contributed by atoms with Gasteiger partial charge in [0.25, 0.3) is 0 Å². The summed E-state index contributed by atoms with van der Waals surface area (Å²) in [6, 6.07) is 14.7. The first-order valence-electron chi connectivity index (χ1n) is 7.17. The van der Waals surface area contributed by atoms with E-state index in [4.69, 9.17) is 0 Å². The van der Waals surface area contributed by atoms with Crippen LogP contribution in [0.4, 0.5) is 11.4 Å². The molecule has 114 valence electrons. The average Bonchev–Trinajstić information content (AvgIpc) is 2.55. The van der Waals surface area contributed by atoms with Crippen LogP contribution in [-0.4, -0.2) is 17.4 Å². The van der Waals surface area contributed by atoms with Crippen LogP contribution < -0.4 is 10.7 Å². The molecule has 2 aromatic rings. The average molecular weight is 305 g/mol. The number of anilines is 2. The topological polar surface area (TPSA) is 70.6 Å². The lowest BCUT2D eigenvalue weighted by atomic mass is 9.93. The van der Waals surface area contributed by atoms with Gasteiger partial charge in [0.15, 0.2) is 0 Å². The molecule has 0 spiro atoms. The lowest BCUT2D eigenvalue weighted by Gasteiger charge is -2.15. The molecule has 2 N–H and O–H groups in total. The lowest BCUT2D eigenvalue weighted by Crippen LogP contribution is -2.21. The summed E-state index contributed by atoms with van der Waals surface area (Å²) in [4.78, 5) is 24.0. The minimum Gasteiger partial charge on any atom is -0.326 e. The maximum Gasteiger partial charge on any atom is 0.221 e. The number of para-hydroxylation sites is 1. The largest absolute Gasteiger partial charge is 0.326 e. The van der Waals surface area contributed by atoms with E-state index in [1.807, 2.05) is 42.5 Å². The summed E-state index contributed by atoms with van der Waals surface area (Å²) in [7, 11) is 0. The van der Waals surface area contributed by atoms with Crippen molar-refractivity contribution in [2.75, 3.05) is 10.7 Å². The fourth-order valence-corrected chi connectivity index (χ4v) is 2.35. The maximum absolute atomic E-state index is 12.7. The van der Waals surface area contributed by atoms with Crippen molar-refractivity contribution in [2.24, 2.45) is 5.10 Å². The molecule has 0 aliphatic heterocycles. The number of nitrogens with zero attached hydrogens (tertiary/aromatic N) is 1. The maximum atomic E-state index is 12.7. The number of nitrogens with one attached hydrogen (secondary N) is 2. The Morgan fingerprint density at radius 2 is 1.78 bits per heavy atom. The Hall–Kier alpha value is -3.21. The predicted molar refractivity (Wildman–Crippen MR) is 91.6 cm³/mol. The molecule has 23 heavy (non-hydrogen) atoms. The summed E-state index contributed by atoms with van der Waals surface area (Å²) in [6.07, 6.45) is 3.48. The number of Topliss-reactive ketones (excluding diaryl/α,β-unsaturated/α-hetero) is 1. The van der Waals surface area contributed by atoms with Crippen molar-refractivity contribution in [1.29, 1.82) is 0 Å². The second-order valence-corrected chi connectivity index (χ2v) is 5.09. The molecule has 0 heterocycles. The molecule has 0 radical (unpaired) electrons. The lowest BCUT2D eigenvalue weighted by molar-refractivity contribution is -0.114. The molecule has 1 amide bonds. The zero-order valence-electron chi connectivity index (χ0n) is 12.5. The summed E-state index contributed by atoms with van der Waals surface area (Å²) in [5.74, 6) is -0.447. The van der Waals surface area contributed by atoms with Crippen LogP contribution in [0.3, 0.4) is 0 Å². The van der Waals surface area contributed by atoms with E-state index in [1.165, 1.54) is 6.92 Å². The van der Waals surface area contributed by atoms with Crippen LogP contribution in [0.15, 0.2) is 59.7 Å². The van der Waals surface area contributed by atoms with Crippen molar-refractivity contribution in [2.45, 2.75) is 6.92 Å². The molecule has 5 heteroatoms. The number of hydrazone groups is 1. The van der Waals surface area contributed by atoms with E-state index in [9.17, 15) is 9.59 Å². The van der Waals surface area contributed by atoms with Crippen molar-refractivity contribution >= 4 is 34.9 Å². The molecule has 0 aromatic heterocycles. The molecule has 5 nitrogen and oxygen atoms in total. The molecule has 3 rings (SSSR count). The van der Waals surface area contributed by atoms with E-state index < -0.39 is 0 Å². The monoisotopic (exact) mass is 305 g/mol. The van der Waals surface area contributed by atoms with Crippen LogP contribution >= 0.6 is 0 Å². The van der Waals surface area contributed by atoms with Crippen LogP contribution in [0.2, 0.25) is 0 Å². The second kappa shape index (κ2) is 6.27. The van der Waals surface area contributed by atoms with Gasteiger partial charge in [-0.25, -0.2) is 0 Å².